The normalized spacial score (nSPS) is 12.1. The monoisotopic (exact) mass is 486 g/mol. The Balaban J connectivity index is -0.000000771. The molecule has 0 aliphatic heterocycles. The third-order valence-corrected chi connectivity index (χ3v) is 5.25. The maximum atomic E-state index is 10.7. The van der Waals surface area contributed by atoms with Crippen LogP contribution in [0.5, 0.6) is 0 Å². The van der Waals surface area contributed by atoms with Crippen molar-refractivity contribution in [1.29, 1.82) is 0 Å². The zero-order chi connectivity index (χ0) is 24.8. The molecule has 0 saturated carbocycles. The van der Waals surface area contributed by atoms with Crippen LogP contribution >= 0.6 is 0 Å². The summed E-state index contributed by atoms with van der Waals surface area (Å²) in [7, 11) is 0.132. The van der Waals surface area contributed by atoms with Gasteiger partial charge in [-0.1, -0.05) is 0 Å². The molecule has 0 spiro atoms. The Bertz CT molecular complexity index is 651. The minimum Gasteiger partial charge on any atom is -0.356 e. The molecule has 182 valence electrons. The molecule has 30 heavy (non-hydrogen) atoms. The molecule has 0 atom stereocenters. The van der Waals surface area contributed by atoms with Crippen LogP contribution in [0.4, 0.5) is 0 Å². The number of quaternary nitrogens is 2. The lowest BCUT2D eigenvalue weighted by Crippen LogP contribution is -2.51. The van der Waals surface area contributed by atoms with E-state index in [-0.39, 0.29) is 11.5 Å². The number of likely N-dealkylation sites (N-methyl/N-ethyl adjacent to an activating group) is 2. The van der Waals surface area contributed by atoms with E-state index in [1.165, 1.54) is 0 Å². The highest BCUT2D eigenvalue weighted by atomic mass is 32.2. The van der Waals surface area contributed by atoms with Gasteiger partial charge in [-0.15, -0.1) is 0 Å². The van der Waals surface area contributed by atoms with Crippen LogP contribution in [0.25, 0.3) is 0 Å². The lowest BCUT2D eigenvalue weighted by molar-refractivity contribution is -0.945. The number of rotatable bonds is 11. The Morgan fingerprint density at radius 3 is 1.00 bits per heavy atom. The molecule has 0 unspecified atom stereocenters. The van der Waals surface area contributed by atoms with Crippen LogP contribution in [0.3, 0.4) is 0 Å². The first-order valence-corrected chi connectivity index (χ1v) is 11.5. The minimum atomic E-state index is -3.91. The molecule has 16 nitrogen and oxygen atoms in total. The Hall–Kier alpha value is -1.86. The molecule has 0 saturated heterocycles. The van der Waals surface area contributed by atoms with Crippen LogP contribution in [0.2, 0.25) is 0 Å². The van der Waals surface area contributed by atoms with Crippen LogP contribution < -0.4 is 0 Å². The van der Waals surface area contributed by atoms with Crippen molar-refractivity contribution in [1.82, 2.24) is 0 Å². The molecule has 0 bridgehead atoms. The summed E-state index contributed by atoms with van der Waals surface area (Å²) in [5.74, 6) is -0.470. The second-order valence-electron chi connectivity index (χ2n) is 7.49. The molecule has 0 aromatic heterocycles. The maximum absolute atomic E-state index is 10.7. The fourth-order valence-electron chi connectivity index (χ4n) is 2.11. The van der Waals surface area contributed by atoms with Crippen LogP contribution in [0.1, 0.15) is 12.8 Å². The van der Waals surface area contributed by atoms with Crippen molar-refractivity contribution in [2.45, 2.75) is 12.8 Å². The molecule has 0 aromatic rings. The molecule has 0 aliphatic rings. The fraction of sp³-hybridized carbons (Fsp3) is 1.00. The van der Waals surface area contributed by atoms with E-state index in [2.05, 4.69) is 0 Å². The maximum Gasteiger partial charge on any atom is 0.265 e. The van der Waals surface area contributed by atoms with Gasteiger partial charge < -0.3 is 39.6 Å². The fourth-order valence-corrected chi connectivity index (χ4v) is 3.10. The van der Waals surface area contributed by atoms with Crippen molar-refractivity contribution >= 4 is 20.2 Å². The van der Waals surface area contributed by atoms with E-state index >= 15 is 0 Å². The van der Waals surface area contributed by atoms with Crippen LogP contribution in [0.15, 0.2) is 0 Å². The van der Waals surface area contributed by atoms with E-state index in [9.17, 15) is 16.8 Å². The smallest absolute Gasteiger partial charge is 0.265 e. The first kappa shape index (κ1) is 32.8. The van der Waals surface area contributed by atoms with Gasteiger partial charge in [0.1, 0.15) is 13.1 Å². The van der Waals surface area contributed by atoms with Gasteiger partial charge in [-0.05, 0) is 0 Å². The zero-order valence-electron chi connectivity index (χ0n) is 17.2. The van der Waals surface area contributed by atoms with E-state index in [1.807, 2.05) is 28.2 Å². The highest BCUT2D eigenvalue weighted by Gasteiger charge is 2.23. The van der Waals surface area contributed by atoms with Crippen molar-refractivity contribution in [3.05, 3.63) is 30.6 Å². The number of hydrogen-bond donors (Lipinski definition) is 2. The summed E-state index contributed by atoms with van der Waals surface area (Å²) >= 11 is 0. The highest BCUT2D eigenvalue weighted by molar-refractivity contribution is 7.86. The second-order valence-corrected chi connectivity index (χ2v) is 10.6. The second kappa shape index (κ2) is 14.2. The first-order chi connectivity index (χ1) is 13.1. The average molecular weight is 487 g/mol. The summed E-state index contributed by atoms with van der Waals surface area (Å²) in [5, 5.41) is 29.5. The van der Waals surface area contributed by atoms with E-state index in [0.29, 0.717) is 34.9 Å². The molecule has 0 aliphatic carbocycles. The Morgan fingerprint density at radius 2 is 0.833 bits per heavy atom. The Labute approximate surface area is 175 Å². The van der Waals surface area contributed by atoms with Gasteiger partial charge in [0.25, 0.3) is 20.2 Å². The minimum absolute atomic E-state index is 0.235. The molecular weight excluding hydrogens is 456 g/mol. The van der Waals surface area contributed by atoms with Gasteiger partial charge in [-0.25, -0.2) is 0 Å². The van der Waals surface area contributed by atoms with E-state index < -0.39 is 30.4 Å². The molecule has 0 heterocycles. The number of hydrogen-bond acceptors (Lipinski definition) is 10. The lowest BCUT2D eigenvalue weighted by atomic mass is 10.3. The summed E-state index contributed by atoms with van der Waals surface area (Å²) < 4.78 is 61.5. The molecule has 0 amide bonds. The quantitative estimate of drug-likeness (QED) is 0.158. The van der Waals surface area contributed by atoms with Gasteiger partial charge in [0, 0.05) is 12.8 Å². The van der Waals surface area contributed by atoms with Crippen LogP contribution in [-0.4, -0.2) is 111 Å². The van der Waals surface area contributed by atoms with Gasteiger partial charge in [0.15, 0.2) is 0 Å². The van der Waals surface area contributed by atoms with Gasteiger partial charge >= 0.3 is 0 Å². The largest absolute Gasteiger partial charge is 0.356 e. The van der Waals surface area contributed by atoms with Gasteiger partial charge in [-0.3, -0.25) is 9.11 Å². The zero-order valence-corrected chi connectivity index (χ0v) is 18.9. The first-order valence-electron chi connectivity index (χ1n) is 8.26. The van der Waals surface area contributed by atoms with Crippen molar-refractivity contribution < 1.29 is 45.1 Å². The summed E-state index contributed by atoms with van der Waals surface area (Å²) in [4.78, 5) is 16.5. The topological polar surface area (TPSA) is 241 Å². The van der Waals surface area contributed by atoms with Crippen LogP contribution in [0, 0.1) is 30.6 Å². The van der Waals surface area contributed by atoms with E-state index in [0.717, 1.165) is 13.1 Å². The molecule has 0 fully saturated rings. The van der Waals surface area contributed by atoms with Crippen molar-refractivity contribution in [2.75, 3.05) is 65.9 Å². The summed E-state index contributed by atoms with van der Waals surface area (Å²) in [5.41, 5.74) is 0. The lowest BCUT2D eigenvalue weighted by Gasteiger charge is -2.35. The molecule has 2 N–H and O–H groups in total. The Morgan fingerprint density at radius 1 is 0.633 bits per heavy atom. The van der Waals surface area contributed by atoms with Crippen molar-refractivity contribution in [3.8, 4) is 0 Å². The predicted octanol–water partition coefficient (Wildman–Crippen LogP) is -0.783. The third kappa shape index (κ3) is 37.0. The van der Waals surface area contributed by atoms with Gasteiger partial charge in [-0.2, -0.15) is 16.8 Å². The van der Waals surface area contributed by atoms with Gasteiger partial charge in [0.2, 0.25) is 0 Å². The summed E-state index contributed by atoms with van der Waals surface area (Å²) in [6, 6.07) is 0. The molecule has 0 rings (SSSR count). The molecule has 18 heteroatoms. The predicted molar refractivity (Wildman–Crippen MR) is 106 cm³/mol. The van der Waals surface area contributed by atoms with E-state index in [1.54, 1.807) is 0 Å². The average Bonchev–Trinajstić information content (AvgIpc) is 2.41. The Kier molecular flexibility index (Phi) is 15.5. The standard InChI is InChI=1S/C12H28N2O6S2.2NO3/c1-13(2,7-5-11-21(15,16)17)9-10-14(3,4)8-6-12-22(18,19)20;2*2-1(3)4/h5-12H2,1-4H3;;/q;2*-1/p+2. The molecular formula is C12H30N4O12S2. The molecule has 0 radical (unpaired) electrons. The van der Waals surface area contributed by atoms with E-state index in [4.69, 9.17) is 39.7 Å². The third-order valence-electron chi connectivity index (χ3n) is 3.64. The molecule has 0 aromatic carbocycles. The highest BCUT2D eigenvalue weighted by Crippen LogP contribution is 2.06. The SMILES string of the molecule is C[N+](C)(CCCS(=O)(=O)O)CC[N+](C)(C)CCCS(=O)(=O)O.O=[N+]([O-])[O-].O=[N+]([O-])[O-]. The van der Waals surface area contributed by atoms with Gasteiger partial charge in [0.05, 0.1) is 63.0 Å². The number of nitrogens with zero attached hydrogens (tertiary/aromatic N) is 4. The summed E-state index contributed by atoms with van der Waals surface area (Å²) in [6.07, 6.45) is 0.782. The van der Waals surface area contributed by atoms with Crippen LogP contribution in [-0.2, 0) is 20.2 Å². The van der Waals surface area contributed by atoms with Crippen molar-refractivity contribution in [2.24, 2.45) is 0 Å². The van der Waals surface area contributed by atoms with Crippen molar-refractivity contribution in [3.63, 3.8) is 0 Å². The summed E-state index contributed by atoms with van der Waals surface area (Å²) in [6.45, 7) is 2.85.